The van der Waals surface area contributed by atoms with Crippen LogP contribution in [0.4, 0.5) is 0 Å². The molecule has 0 bridgehead atoms. The summed E-state index contributed by atoms with van der Waals surface area (Å²) in [5.74, 6) is 0.565. The summed E-state index contributed by atoms with van der Waals surface area (Å²) in [6.07, 6.45) is 2.69. The molecule has 0 saturated heterocycles. The van der Waals surface area contributed by atoms with Crippen LogP contribution in [0.3, 0.4) is 0 Å². The largest absolute Gasteiger partial charge is 0.497 e. The first-order valence-corrected chi connectivity index (χ1v) is 4.70. The summed E-state index contributed by atoms with van der Waals surface area (Å²) in [5, 5.41) is 2.92. The van der Waals surface area contributed by atoms with Gasteiger partial charge in [0, 0.05) is 11.0 Å². The molecule has 0 unspecified atom stereocenters. The third kappa shape index (κ3) is 3.89. The molecule has 88 valence electrons. The van der Waals surface area contributed by atoms with Gasteiger partial charge in [-0.2, -0.15) is 0 Å². The molecule has 6 heteroatoms. The topological polar surface area (TPSA) is 84.3 Å². The van der Waals surface area contributed by atoms with E-state index in [1.54, 1.807) is 18.2 Å². The molecular formula is C11H11N3O3. The fourth-order valence-electron chi connectivity index (χ4n) is 1.17. The van der Waals surface area contributed by atoms with E-state index in [1.165, 1.54) is 26.4 Å². The fraction of sp³-hybridized carbons (Fsp3) is 0.182. The number of hydrogen-bond donors (Lipinski definition) is 0. The minimum Gasteiger partial charge on any atom is -0.497 e. The van der Waals surface area contributed by atoms with E-state index in [2.05, 4.69) is 10.0 Å². The summed E-state index contributed by atoms with van der Waals surface area (Å²) in [5.41, 5.74) is 8.77. The second-order valence-electron chi connectivity index (χ2n) is 3.01. The summed E-state index contributed by atoms with van der Waals surface area (Å²) < 4.78 is 10.1. The predicted molar refractivity (Wildman–Crippen MR) is 62.7 cm³/mol. The van der Waals surface area contributed by atoms with Crippen LogP contribution in [-0.2, 0) is 4.79 Å². The maximum atomic E-state index is 11.0. The number of hydrogen-bond acceptors (Lipinski definition) is 3. The van der Waals surface area contributed by atoms with Crippen molar-refractivity contribution in [3.05, 3.63) is 40.3 Å². The van der Waals surface area contributed by atoms with Gasteiger partial charge in [0.15, 0.2) is 0 Å². The van der Waals surface area contributed by atoms with E-state index in [4.69, 9.17) is 15.0 Å². The highest BCUT2D eigenvalue weighted by atomic mass is 16.5. The van der Waals surface area contributed by atoms with Crippen LogP contribution in [0, 0.1) is 0 Å². The summed E-state index contributed by atoms with van der Waals surface area (Å²) in [4.78, 5) is 13.3. The Bertz CT molecular complexity index is 468. The van der Waals surface area contributed by atoms with Crippen molar-refractivity contribution >= 4 is 12.0 Å². The number of carbonyl (C=O) groups is 1. The van der Waals surface area contributed by atoms with Crippen molar-refractivity contribution in [2.75, 3.05) is 14.2 Å². The zero-order chi connectivity index (χ0) is 12.7. The Morgan fingerprint density at radius 3 is 2.35 bits per heavy atom. The van der Waals surface area contributed by atoms with Crippen LogP contribution >= 0.6 is 0 Å². The number of carbonyl (C=O) groups excluding carboxylic acids is 1. The quantitative estimate of drug-likeness (QED) is 0.346. The van der Waals surface area contributed by atoms with Crippen LogP contribution in [0.15, 0.2) is 29.4 Å². The van der Waals surface area contributed by atoms with Gasteiger partial charge < -0.3 is 9.47 Å². The molecule has 0 N–H and O–H groups in total. The molecule has 0 aliphatic heterocycles. The van der Waals surface area contributed by atoms with Gasteiger partial charge in [-0.25, -0.2) is 0 Å². The van der Waals surface area contributed by atoms with E-state index in [0.29, 0.717) is 17.1 Å². The number of amides is 1. The van der Waals surface area contributed by atoms with Gasteiger partial charge in [0.05, 0.1) is 14.2 Å². The number of ether oxygens (including phenoxy) is 2. The first-order chi connectivity index (χ1) is 8.19. The highest BCUT2D eigenvalue weighted by molar-refractivity contribution is 5.92. The molecule has 1 rings (SSSR count). The lowest BCUT2D eigenvalue weighted by Crippen LogP contribution is -1.89. The van der Waals surface area contributed by atoms with Crippen LogP contribution in [-0.4, -0.2) is 20.1 Å². The lowest BCUT2D eigenvalue weighted by atomic mass is 10.2. The average Bonchev–Trinajstić information content (AvgIpc) is 2.36. The maximum Gasteiger partial charge on any atom is 0.242 e. The van der Waals surface area contributed by atoms with Crippen molar-refractivity contribution in [3.8, 4) is 11.5 Å². The van der Waals surface area contributed by atoms with E-state index in [9.17, 15) is 4.79 Å². The molecule has 0 heterocycles. The third-order valence-electron chi connectivity index (χ3n) is 1.94. The van der Waals surface area contributed by atoms with E-state index >= 15 is 0 Å². The first-order valence-electron chi connectivity index (χ1n) is 4.70. The monoisotopic (exact) mass is 233 g/mol. The lowest BCUT2D eigenvalue weighted by Gasteiger charge is -2.05. The molecule has 0 radical (unpaired) electrons. The smallest absolute Gasteiger partial charge is 0.242 e. The van der Waals surface area contributed by atoms with Crippen molar-refractivity contribution < 1.29 is 14.3 Å². The van der Waals surface area contributed by atoms with Gasteiger partial charge in [0.2, 0.25) is 5.91 Å². The van der Waals surface area contributed by atoms with Gasteiger partial charge in [-0.1, -0.05) is 6.08 Å². The van der Waals surface area contributed by atoms with Crippen LogP contribution in [0.2, 0.25) is 0 Å². The maximum absolute atomic E-state index is 11.0. The van der Waals surface area contributed by atoms with Crippen LogP contribution in [0.25, 0.3) is 16.5 Å². The van der Waals surface area contributed by atoms with Crippen molar-refractivity contribution in [2.45, 2.75) is 0 Å². The number of methoxy groups -OCH3 is 2. The molecule has 0 aliphatic rings. The van der Waals surface area contributed by atoms with Crippen LogP contribution < -0.4 is 9.47 Å². The predicted octanol–water partition coefficient (Wildman–Crippen LogP) is 2.55. The Labute approximate surface area is 98.1 Å². The average molecular weight is 233 g/mol. The molecule has 6 nitrogen and oxygen atoms in total. The minimum absolute atomic E-state index is 0.611. The minimum atomic E-state index is -0.658. The molecule has 0 spiro atoms. The Morgan fingerprint density at radius 1 is 1.29 bits per heavy atom. The molecular weight excluding hydrogens is 222 g/mol. The SMILES string of the molecule is COc1cc(C=CC(=O)N=[N+]=[N-])cc(OC)c1. The van der Waals surface area contributed by atoms with E-state index in [0.717, 1.165) is 0 Å². The highest BCUT2D eigenvalue weighted by Gasteiger charge is 1.99. The summed E-state index contributed by atoms with van der Waals surface area (Å²) >= 11 is 0. The Kier molecular flexibility index (Phi) is 4.59. The number of rotatable bonds is 4. The van der Waals surface area contributed by atoms with Gasteiger partial charge in [-0.3, -0.25) is 4.79 Å². The normalized spacial score (nSPS) is 9.76. The van der Waals surface area contributed by atoms with Crippen LogP contribution in [0.1, 0.15) is 5.56 Å². The summed E-state index contributed by atoms with van der Waals surface area (Å²) in [6.45, 7) is 0. The number of nitrogens with zero attached hydrogens (tertiary/aromatic N) is 3. The van der Waals surface area contributed by atoms with Crippen molar-refractivity contribution in [1.29, 1.82) is 0 Å². The number of benzene rings is 1. The molecule has 1 amide bonds. The molecule has 0 aliphatic carbocycles. The summed E-state index contributed by atoms with van der Waals surface area (Å²) in [7, 11) is 3.07. The molecule has 0 atom stereocenters. The van der Waals surface area contributed by atoms with Crippen molar-refractivity contribution in [1.82, 2.24) is 0 Å². The molecule has 0 aromatic heterocycles. The van der Waals surface area contributed by atoms with E-state index in [1.807, 2.05) is 0 Å². The Hall–Kier alpha value is -2.46. The van der Waals surface area contributed by atoms with Crippen molar-refractivity contribution in [2.24, 2.45) is 5.11 Å². The van der Waals surface area contributed by atoms with Gasteiger partial charge >= 0.3 is 0 Å². The second-order valence-corrected chi connectivity index (χ2v) is 3.01. The Balaban J connectivity index is 2.97. The molecule has 0 fully saturated rings. The van der Waals surface area contributed by atoms with Gasteiger partial charge in [-0.15, -0.1) is 0 Å². The fourth-order valence-corrected chi connectivity index (χ4v) is 1.17. The standard InChI is InChI=1S/C11H11N3O3/c1-16-9-5-8(6-10(7-9)17-2)3-4-11(15)13-14-12/h3-7H,1-2H3. The lowest BCUT2D eigenvalue weighted by molar-refractivity contribution is -0.113. The second kappa shape index (κ2) is 6.19. The molecule has 0 saturated carbocycles. The molecule has 1 aromatic carbocycles. The summed E-state index contributed by atoms with van der Waals surface area (Å²) in [6, 6.07) is 5.16. The molecule has 17 heavy (non-hydrogen) atoms. The van der Waals surface area contributed by atoms with E-state index in [-0.39, 0.29) is 0 Å². The van der Waals surface area contributed by atoms with Crippen molar-refractivity contribution in [3.63, 3.8) is 0 Å². The Morgan fingerprint density at radius 2 is 1.88 bits per heavy atom. The first kappa shape index (κ1) is 12.6. The molecule has 1 aromatic rings. The van der Waals surface area contributed by atoms with Gasteiger partial charge in [-0.05, 0) is 34.4 Å². The highest BCUT2D eigenvalue weighted by Crippen LogP contribution is 2.23. The number of azide groups is 1. The van der Waals surface area contributed by atoms with Crippen LogP contribution in [0.5, 0.6) is 11.5 Å². The third-order valence-corrected chi connectivity index (χ3v) is 1.94. The van der Waals surface area contributed by atoms with E-state index < -0.39 is 5.91 Å². The van der Waals surface area contributed by atoms with Gasteiger partial charge in [0.1, 0.15) is 11.5 Å². The van der Waals surface area contributed by atoms with Gasteiger partial charge in [0.25, 0.3) is 0 Å². The zero-order valence-corrected chi connectivity index (χ0v) is 9.45. The zero-order valence-electron chi connectivity index (χ0n) is 9.45.